The normalized spacial score (nSPS) is 12.4. The molecule has 1 atom stereocenters. The van der Waals surface area contributed by atoms with Crippen LogP contribution in [-0.4, -0.2) is 53.7 Å². The van der Waals surface area contributed by atoms with Crippen LogP contribution in [0.2, 0.25) is 0 Å². The number of carboxylic acids is 1. The molecule has 2 aromatic rings. The molecule has 2 amide bonds. The number of benzene rings is 2. The molecular formula is C25H24N4O5. The van der Waals surface area contributed by atoms with Crippen molar-refractivity contribution in [2.45, 2.75) is 31.2 Å². The fourth-order valence-corrected chi connectivity index (χ4v) is 4.08. The van der Waals surface area contributed by atoms with Gasteiger partial charge in [0.15, 0.2) is 0 Å². The first-order valence-electron chi connectivity index (χ1n) is 10.8. The third-order valence-electron chi connectivity index (χ3n) is 5.61. The maximum atomic E-state index is 12.9. The Morgan fingerprint density at radius 1 is 0.971 bits per heavy atom. The first kappa shape index (κ1) is 24.3. The minimum Gasteiger partial charge on any atom is -0.481 e. The second-order valence-corrected chi connectivity index (χ2v) is 7.76. The van der Waals surface area contributed by atoms with Crippen molar-refractivity contribution >= 4 is 18.0 Å². The van der Waals surface area contributed by atoms with Gasteiger partial charge in [-0.05, 0) is 22.3 Å². The van der Waals surface area contributed by atoms with Crippen LogP contribution in [0.25, 0.3) is 11.1 Å². The fraction of sp³-hybridized carbons (Fsp3) is 0.320. The van der Waals surface area contributed by atoms with E-state index in [2.05, 4.69) is 5.32 Å². The lowest BCUT2D eigenvalue weighted by molar-refractivity contribution is -0.142. The molecule has 0 fully saturated rings. The van der Waals surface area contributed by atoms with E-state index in [4.69, 9.17) is 15.3 Å². The van der Waals surface area contributed by atoms with Gasteiger partial charge in [0.1, 0.15) is 12.6 Å². The van der Waals surface area contributed by atoms with E-state index in [1.165, 1.54) is 4.90 Å². The van der Waals surface area contributed by atoms with Crippen LogP contribution in [0, 0.1) is 22.7 Å². The number of carbonyl (C=O) groups is 3. The Morgan fingerprint density at radius 3 is 2.00 bits per heavy atom. The summed E-state index contributed by atoms with van der Waals surface area (Å²) in [6.07, 6.45) is -1.54. The van der Waals surface area contributed by atoms with Gasteiger partial charge in [-0.25, -0.2) is 4.79 Å². The zero-order valence-corrected chi connectivity index (χ0v) is 18.4. The summed E-state index contributed by atoms with van der Waals surface area (Å²) in [6.45, 7) is 0.0689. The third kappa shape index (κ3) is 5.70. The number of carbonyl (C=O) groups excluding carboxylic acids is 2. The van der Waals surface area contributed by atoms with E-state index in [1.807, 2.05) is 60.7 Å². The largest absolute Gasteiger partial charge is 0.481 e. The van der Waals surface area contributed by atoms with Gasteiger partial charge in [-0.1, -0.05) is 48.5 Å². The van der Waals surface area contributed by atoms with Crippen LogP contribution < -0.4 is 5.32 Å². The molecule has 9 nitrogen and oxygen atoms in total. The number of hydrogen-bond donors (Lipinski definition) is 2. The topological polar surface area (TPSA) is 144 Å². The van der Waals surface area contributed by atoms with E-state index >= 15 is 0 Å². The number of ether oxygens (including phenoxy) is 1. The second-order valence-electron chi connectivity index (χ2n) is 7.76. The minimum atomic E-state index is -1.38. The number of hydrogen-bond acceptors (Lipinski definition) is 6. The van der Waals surface area contributed by atoms with Gasteiger partial charge < -0.3 is 20.1 Å². The van der Waals surface area contributed by atoms with Crippen LogP contribution in [0.5, 0.6) is 0 Å². The zero-order valence-electron chi connectivity index (χ0n) is 18.4. The first-order chi connectivity index (χ1) is 16.5. The maximum absolute atomic E-state index is 12.9. The molecule has 0 radical (unpaired) electrons. The molecule has 174 valence electrons. The van der Waals surface area contributed by atoms with E-state index in [0.29, 0.717) is 0 Å². The van der Waals surface area contributed by atoms with Crippen LogP contribution in [0.15, 0.2) is 48.5 Å². The van der Waals surface area contributed by atoms with E-state index in [1.54, 1.807) is 0 Å². The molecule has 34 heavy (non-hydrogen) atoms. The van der Waals surface area contributed by atoms with Crippen molar-refractivity contribution < 1.29 is 24.2 Å². The van der Waals surface area contributed by atoms with E-state index in [-0.39, 0.29) is 38.5 Å². The van der Waals surface area contributed by atoms with Crippen LogP contribution in [0.4, 0.5) is 4.79 Å². The lowest BCUT2D eigenvalue weighted by atomic mass is 9.98. The summed E-state index contributed by atoms with van der Waals surface area (Å²) >= 11 is 0. The molecule has 9 heteroatoms. The third-order valence-corrected chi connectivity index (χ3v) is 5.61. The van der Waals surface area contributed by atoms with Gasteiger partial charge in [0, 0.05) is 19.0 Å². The maximum Gasteiger partial charge on any atom is 0.407 e. The van der Waals surface area contributed by atoms with Crippen molar-refractivity contribution in [1.82, 2.24) is 10.2 Å². The molecule has 1 unspecified atom stereocenters. The molecule has 0 spiro atoms. The Kier molecular flexibility index (Phi) is 8.20. The highest BCUT2D eigenvalue weighted by Crippen LogP contribution is 2.44. The lowest BCUT2D eigenvalue weighted by Gasteiger charge is -2.26. The predicted molar refractivity (Wildman–Crippen MR) is 121 cm³/mol. The molecule has 0 aromatic heterocycles. The van der Waals surface area contributed by atoms with E-state index in [0.717, 1.165) is 22.3 Å². The monoisotopic (exact) mass is 460 g/mol. The Balaban J connectivity index is 1.69. The van der Waals surface area contributed by atoms with Crippen molar-refractivity contribution in [2.75, 3.05) is 19.7 Å². The number of nitrogens with zero attached hydrogens (tertiary/aromatic N) is 3. The molecule has 2 aromatic carbocycles. The second kappa shape index (κ2) is 11.5. The summed E-state index contributed by atoms with van der Waals surface area (Å²) in [5.41, 5.74) is 4.18. The molecule has 0 aliphatic heterocycles. The number of carboxylic acid groups (broad SMARTS) is 1. The van der Waals surface area contributed by atoms with Gasteiger partial charge in [0.05, 0.1) is 31.4 Å². The first-order valence-corrected chi connectivity index (χ1v) is 10.8. The Labute approximate surface area is 197 Å². The highest BCUT2D eigenvalue weighted by molar-refractivity contribution is 5.89. The summed E-state index contributed by atoms with van der Waals surface area (Å²) in [6, 6.07) is 18.1. The van der Waals surface area contributed by atoms with E-state index in [9.17, 15) is 19.5 Å². The Bertz CT molecular complexity index is 1090. The highest BCUT2D eigenvalue weighted by atomic mass is 16.5. The number of fused-ring (bicyclic) bond motifs is 3. The van der Waals surface area contributed by atoms with Gasteiger partial charge in [-0.15, -0.1) is 0 Å². The lowest BCUT2D eigenvalue weighted by Crippen LogP contribution is -2.50. The van der Waals surface area contributed by atoms with Crippen molar-refractivity contribution in [3.63, 3.8) is 0 Å². The van der Waals surface area contributed by atoms with Gasteiger partial charge >= 0.3 is 12.1 Å². The molecule has 3 rings (SSSR count). The molecule has 1 aliphatic rings. The van der Waals surface area contributed by atoms with Crippen LogP contribution >= 0.6 is 0 Å². The molecule has 0 saturated heterocycles. The minimum absolute atomic E-state index is 0.0143. The van der Waals surface area contributed by atoms with Gasteiger partial charge in [-0.3, -0.25) is 9.59 Å². The zero-order chi connectivity index (χ0) is 24.5. The quantitative estimate of drug-likeness (QED) is 0.554. The van der Waals surface area contributed by atoms with Gasteiger partial charge in [0.2, 0.25) is 5.91 Å². The number of rotatable bonds is 10. The van der Waals surface area contributed by atoms with Gasteiger partial charge in [0.25, 0.3) is 0 Å². The highest BCUT2D eigenvalue weighted by Gasteiger charge is 2.31. The molecule has 1 aliphatic carbocycles. The average molecular weight is 460 g/mol. The summed E-state index contributed by atoms with van der Waals surface area (Å²) in [7, 11) is 0. The van der Waals surface area contributed by atoms with Crippen LogP contribution in [0.3, 0.4) is 0 Å². The van der Waals surface area contributed by atoms with Crippen LogP contribution in [-0.2, 0) is 14.3 Å². The number of amides is 2. The molecule has 0 heterocycles. The summed E-state index contributed by atoms with van der Waals surface area (Å²) in [4.78, 5) is 38.0. The van der Waals surface area contributed by atoms with Crippen molar-refractivity contribution in [2.24, 2.45) is 0 Å². The van der Waals surface area contributed by atoms with E-state index < -0.39 is 30.4 Å². The molecular weight excluding hydrogens is 436 g/mol. The molecule has 0 saturated carbocycles. The summed E-state index contributed by atoms with van der Waals surface area (Å²) in [5, 5.41) is 29.2. The van der Waals surface area contributed by atoms with Crippen molar-refractivity contribution in [1.29, 1.82) is 10.5 Å². The number of alkyl carbamates (subject to hydrolysis) is 1. The predicted octanol–water partition coefficient (Wildman–Crippen LogP) is 3.02. The SMILES string of the molecule is N#CCCN(CCC#N)C(=O)C(CC(=O)O)NC(=O)OCC1c2ccccc2-c2ccccc21. The Morgan fingerprint density at radius 2 is 1.50 bits per heavy atom. The number of aliphatic carboxylic acids is 1. The standard InChI is InChI=1S/C25H24N4O5/c26-11-5-13-29(14-6-12-27)24(32)22(15-23(30)31)28-25(33)34-16-21-19-9-3-1-7-17(19)18-8-2-4-10-20(18)21/h1-4,7-10,21-22H,5-6,13-16H2,(H,28,33)(H,30,31). The summed E-state index contributed by atoms with van der Waals surface area (Å²) in [5.74, 6) is -2.14. The molecule has 2 N–H and O–H groups in total. The molecule has 0 bridgehead atoms. The summed E-state index contributed by atoms with van der Waals surface area (Å²) < 4.78 is 5.43. The number of nitriles is 2. The fourth-order valence-electron chi connectivity index (χ4n) is 4.08. The van der Waals surface area contributed by atoms with Crippen molar-refractivity contribution in [3.05, 3.63) is 59.7 Å². The van der Waals surface area contributed by atoms with Crippen LogP contribution in [0.1, 0.15) is 36.3 Å². The Hall–Kier alpha value is -4.37. The van der Waals surface area contributed by atoms with Crippen molar-refractivity contribution in [3.8, 4) is 23.3 Å². The van der Waals surface area contributed by atoms with Gasteiger partial charge in [-0.2, -0.15) is 10.5 Å². The average Bonchev–Trinajstić information content (AvgIpc) is 3.15. The number of nitrogens with one attached hydrogen (secondary N) is 1. The smallest absolute Gasteiger partial charge is 0.407 e.